The molecule has 4 heteroatoms. The van der Waals surface area contributed by atoms with Crippen molar-refractivity contribution < 1.29 is 9.53 Å². The molecule has 1 N–H and O–H groups in total. The number of nitrogens with one attached hydrogen (secondary N) is 1. The molecule has 2 atom stereocenters. The van der Waals surface area contributed by atoms with Gasteiger partial charge < -0.3 is 10.1 Å². The lowest BCUT2D eigenvalue weighted by Crippen LogP contribution is -2.36. The molecule has 19 heavy (non-hydrogen) atoms. The third kappa shape index (κ3) is 2.34. The van der Waals surface area contributed by atoms with E-state index in [1.165, 1.54) is 0 Å². The summed E-state index contributed by atoms with van der Waals surface area (Å²) in [6, 6.07) is 7.96. The lowest BCUT2D eigenvalue weighted by Gasteiger charge is -2.15. The number of amides is 1. The summed E-state index contributed by atoms with van der Waals surface area (Å²) in [6.07, 6.45) is 2.80. The molecule has 1 aromatic carbocycles. The van der Waals surface area contributed by atoms with Crippen LogP contribution in [-0.2, 0) is 18.0 Å². The first kappa shape index (κ1) is 12.2. The van der Waals surface area contributed by atoms with Gasteiger partial charge in [0.1, 0.15) is 0 Å². The first-order chi connectivity index (χ1) is 9.28. The predicted octanol–water partition coefficient (Wildman–Crippen LogP) is 2.14. The highest BCUT2D eigenvalue weighted by atomic mass is 16.5. The van der Waals surface area contributed by atoms with Crippen molar-refractivity contribution in [1.29, 1.82) is 5.26 Å². The van der Waals surface area contributed by atoms with E-state index in [4.69, 9.17) is 10.00 Å². The second-order valence-corrected chi connectivity index (χ2v) is 5.22. The summed E-state index contributed by atoms with van der Waals surface area (Å²) in [5.41, 5.74) is 2.91. The van der Waals surface area contributed by atoms with Gasteiger partial charge in [0.05, 0.1) is 25.2 Å². The number of carbonyl (C=O) groups is 1. The maximum atomic E-state index is 12.2. The van der Waals surface area contributed by atoms with Crippen molar-refractivity contribution in [2.75, 3.05) is 0 Å². The molecule has 1 saturated carbocycles. The fourth-order valence-electron chi connectivity index (χ4n) is 2.85. The summed E-state index contributed by atoms with van der Waals surface area (Å²) >= 11 is 0. The smallest absolute Gasteiger partial charge is 0.251 e. The van der Waals surface area contributed by atoms with Gasteiger partial charge in [0.25, 0.3) is 5.91 Å². The van der Waals surface area contributed by atoms with E-state index in [9.17, 15) is 4.79 Å². The molecule has 0 radical (unpaired) electrons. The molecule has 3 rings (SSSR count). The number of ether oxygens (including phenoxy) is 1. The lowest BCUT2D eigenvalue weighted by molar-refractivity contribution is 0.0932. The summed E-state index contributed by atoms with van der Waals surface area (Å²) in [5, 5.41) is 12.0. The van der Waals surface area contributed by atoms with E-state index in [0.717, 1.165) is 30.4 Å². The average Bonchev–Trinajstić information content (AvgIpc) is 3.05. The van der Waals surface area contributed by atoms with Gasteiger partial charge in [-0.15, -0.1) is 0 Å². The number of nitriles is 1. The summed E-state index contributed by atoms with van der Waals surface area (Å²) in [5.74, 6) is -0.122. The van der Waals surface area contributed by atoms with E-state index in [2.05, 4.69) is 11.4 Å². The Labute approximate surface area is 112 Å². The molecule has 0 aromatic heterocycles. The highest BCUT2D eigenvalue weighted by molar-refractivity contribution is 5.94. The van der Waals surface area contributed by atoms with Crippen molar-refractivity contribution in [1.82, 2.24) is 5.32 Å². The molecule has 1 aliphatic carbocycles. The SMILES string of the molecule is N#CC1CCCC1NC(=O)c1ccc2c(c1)COC2. The molecule has 1 aromatic rings. The van der Waals surface area contributed by atoms with Crippen LogP contribution in [0.25, 0.3) is 0 Å². The minimum Gasteiger partial charge on any atom is -0.372 e. The number of benzene rings is 1. The Bertz CT molecular complexity index is 548. The van der Waals surface area contributed by atoms with Crippen LogP contribution in [0.5, 0.6) is 0 Å². The Morgan fingerprint density at radius 1 is 1.32 bits per heavy atom. The Balaban J connectivity index is 1.72. The van der Waals surface area contributed by atoms with Gasteiger partial charge in [-0.25, -0.2) is 0 Å². The predicted molar refractivity (Wildman–Crippen MR) is 69.1 cm³/mol. The van der Waals surface area contributed by atoms with E-state index >= 15 is 0 Å². The van der Waals surface area contributed by atoms with E-state index < -0.39 is 0 Å². The molecule has 0 bridgehead atoms. The van der Waals surface area contributed by atoms with E-state index in [-0.39, 0.29) is 17.9 Å². The minimum atomic E-state index is -0.0816. The van der Waals surface area contributed by atoms with Crippen LogP contribution < -0.4 is 5.32 Å². The number of carbonyl (C=O) groups excluding carboxylic acids is 1. The van der Waals surface area contributed by atoms with Gasteiger partial charge in [-0.1, -0.05) is 6.07 Å². The first-order valence-electron chi connectivity index (χ1n) is 6.68. The molecule has 4 nitrogen and oxygen atoms in total. The third-order valence-electron chi connectivity index (χ3n) is 3.98. The largest absolute Gasteiger partial charge is 0.372 e. The number of hydrogen-bond acceptors (Lipinski definition) is 3. The molecule has 1 amide bonds. The molecular formula is C15H16N2O2. The van der Waals surface area contributed by atoms with E-state index in [1.807, 2.05) is 18.2 Å². The van der Waals surface area contributed by atoms with E-state index in [1.54, 1.807) is 0 Å². The van der Waals surface area contributed by atoms with Gasteiger partial charge >= 0.3 is 0 Å². The minimum absolute atomic E-state index is 0.00186. The van der Waals surface area contributed by atoms with Gasteiger partial charge in [0.2, 0.25) is 0 Å². The second kappa shape index (κ2) is 5.02. The van der Waals surface area contributed by atoms with Crippen molar-refractivity contribution in [3.63, 3.8) is 0 Å². The zero-order valence-electron chi connectivity index (χ0n) is 10.7. The third-order valence-corrected chi connectivity index (χ3v) is 3.98. The van der Waals surface area contributed by atoms with Gasteiger partial charge in [0.15, 0.2) is 0 Å². The van der Waals surface area contributed by atoms with Gasteiger partial charge in [-0.05, 0) is 42.5 Å². The summed E-state index contributed by atoms with van der Waals surface area (Å²) in [4.78, 5) is 12.2. The fraction of sp³-hybridized carbons (Fsp3) is 0.467. The fourth-order valence-corrected chi connectivity index (χ4v) is 2.85. The molecular weight excluding hydrogens is 240 g/mol. The summed E-state index contributed by atoms with van der Waals surface area (Å²) < 4.78 is 5.34. The Morgan fingerprint density at radius 2 is 2.16 bits per heavy atom. The quantitative estimate of drug-likeness (QED) is 0.881. The maximum absolute atomic E-state index is 12.2. The van der Waals surface area contributed by atoms with Crippen molar-refractivity contribution in [2.45, 2.75) is 38.5 Å². The normalized spacial score (nSPS) is 24.8. The summed E-state index contributed by atoms with van der Waals surface area (Å²) in [6.45, 7) is 1.22. The lowest BCUT2D eigenvalue weighted by atomic mass is 10.0. The number of nitrogens with zero attached hydrogens (tertiary/aromatic N) is 1. The van der Waals surface area contributed by atoms with Crippen LogP contribution in [0.15, 0.2) is 18.2 Å². The molecule has 1 aliphatic heterocycles. The topological polar surface area (TPSA) is 62.1 Å². The number of fused-ring (bicyclic) bond motifs is 1. The Kier molecular flexibility index (Phi) is 3.22. The monoisotopic (exact) mass is 256 g/mol. The molecule has 2 unspecified atom stereocenters. The zero-order valence-corrected chi connectivity index (χ0v) is 10.7. The van der Waals surface area contributed by atoms with Crippen molar-refractivity contribution >= 4 is 5.91 Å². The first-order valence-corrected chi connectivity index (χ1v) is 6.68. The van der Waals surface area contributed by atoms with Crippen LogP contribution in [0.2, 0.25) is 0 Å². The van der Waals surface area contributed by atoms with Gasteiger partial charge in [-0.2, -0.15) is 5.26 Å². The van der Waals surface area contributed by atoms with Crippen LogP contribution in [-0.4, -0.2) is 11.9 Å². The Hall–Kier alpha value is -1.86. The second-order valence-electron chi connectivity index (χ2n) is 5.22. The van der Waals surface area contributed by atoms with Crippen LogP contribution in [0.1, 0.15) is 40.7 Å². The Morgan fingerprint density at radius 3 is 3.00 bits per heavy atom. The molecule has 1 fully saturated rings. The number of rotatable bonds is 2. The highest BCUT2D eigenvalue weighted by Crippen LogP contribution is 2.26. The van der Waals surface area contributed by atoms with E-state index in [0.29, 0.717) is 18.8 Å². The van der Waals surface area contributed by atoms with Crippen LogP contribution in [0.4, 0.5) is 0 Å². The standard InChI is InChI=1S/C15H16N2O2/c16-7-11-2-1-3-14(11)17-15(18)10-4-5-12-8-19-9-13(12)6-10/h4-6,11,14H,1-3,8-9H2,(H,17,18). The summed E-state index contributed by atoms with van der Waals surface area (Å²) in [7, 11) is 0. The van der Waals surface area contributed by atoms with Crippen molar-refractivity contribution in [2.24, 2.45) is 5.92 Å². The molecule has 0 saturated heterocycles. The van der Waals surface area contributed by atoms with Gasteiger partial charge in [0, 0.05) is 11.6 Å². The zero-order chi connectivity index (χ0) is 13.2. The number of hydrogen-bond donors (Lipinski definition) is 1. The molecule has 98 valence electrons. The highest BCUT2D eigenvalue weighted by Gasteiger charge is 2.28. The molecule has 1 heterocycles. The van der Waals surface area contributed by atoms with Gasteiger partial charge in [-0.3, -0.25) is 4.79 Å². The molecule has 0 spiro atoms. The maximum Gasteiger partial charge on any atom is 0.251 e. The van der Waals surface area contributed by atoms with Crippen LogP contribution in [0, 0.1) is 17.2 Å². The van der Waals surface area contributed by atoms with Crippen molar-refractivity contribution in [3.05, 3.63) is 34.9 Å². The van der Waals surface area contributed by atoms with Crippen LogP contribution in [0.3, 0.4) is 0 Å². The van der Waals surface area contributed by atoms with Crippen molar-refractivity contribution in [3.8, 4) is 6.07 Å². The average molecular weight is 256 g/mol. The van der Waals surface area contributed by atoms with Crippen LogP contribution >= 0.6 is 0 Å². The molecule has 2 aliphatic rings.